The Morgan fingerprint density at radius 1 is 1.16 bits per heavy atom. The molecule has 31 heavy (non-hydrogen) atoms. The van der Waals surface area contributed by atoms with Crippen LogP contribution in [0.4, 0.5) is 0 Å². The quantitative estimate of drug-likeness (QED) is 0.470. The number of ether oxygens (including phenoxy) is 1. The molecule has 1 N–H and O–H groups in total. The van der Waals surface area contributed by atoms with Gasteiger partial charge in [-0.05, 0) is 68.9 Å². The molecule has 8 heteroatoms. The predicted molar refractivity (Wildman–Crippen MR) is 122 cm³/mol. The number of rotatable bonds is 6. The SMILES string of the molecule is CCOC(=O)CN1C(=S)N[C@H](c2ccccn2)[C@H]1c1cc(C)n(-c2ccccn2)c1C. The summed E-state index contributed by atoms with van der Waals surface area (Å²) in [5.74, 6) is 0.542. The molecule has 2 atom stereocenters. The Morgan fingerprint density at radius 2 is 1.90 bits per heavy atom. The highest BCUT2D eigenvalue weighted by Gasteiger charge is 2.42. The van der Waals surface area contributed by atoms with Gasteiger partial charge in [-0.1, -0.05) is 12.1 Å². The first-order valence-corrected chi connectivity index (χ1v) is 10.7. The van der Waals surface area contributed by atoms with Crippen LogP contribution in [0.3, 0.4) is 0 Å². The van der Waals surface area contributed by atoms with Crippen LogP contribution in [0.15, 0.2) is 54.9 Å². The standard InChI is InChI=1S/C23H25N5O2S/c1-4-30-20(29)14-27-22(21(26-23(27)31)18-9-5-7-11-24-18)17-13-15(2)28(16(17)3)19-10-6-8-12-25-19/h5-13,21-22H,4,14H2,1-3H3,(H,26,31)/t21-,22-/m1/s1. The second-order valence-electron chi connectivity index (χ2n) is 7.41. The zero-order chi connectivity index (χ0) is 22.0. The third-order valence-corrected chi connectivity index (χ3v) is 5.82. The highest BCUT2D eigenvalue weighted by atomic mass is 32.1. The second kappa shape index (κ2) is 8.85. The molecule has 1 fully saturated rings. The Bertz CT molecular complexity index is 1080. The average Bonchev–Trinajstić information content (AvgIpc) is 3.25. The first-order valence-electron chi connectivity index (χ1n) is 10.2. The van der Waals surface area contributed by atoms with E-state index >= 15 is 0 Å². The number of thiocarbonyl (C=S) groups is 1. The van der Waals surface area contributed by atoms with Crippen molar-refractivity contribution in [2.45, 2.75) is 32.9 Å². The maximum absolute atomic E-state index is 12.4. The fourth-order valence-electron chi connectivity index (χ4n) is 4.19. The molecule has 1 saturated heterocycles. The topological polar surface area (TPSA) is 72.3 Å². The van der Waals surface area contributed by atoms with Crippen LogP contribution in [-0.2, 0) is 9.53 Å². The number of carbonyl (C=O) groups is 1. The van der Waals surface area contributed by atoms with Crippen molar-refractivity contribution in [1.29, 1.82) is 0 Å². The Kier molecular flexibility index (Phi) is 5.99. The molecule has 1 aliphatic heterocycles. The maximum atomic E-state index is 12.4. The van der Waals surface area contributed by atoms with E-state index < -0.39 is 0 Å². The number of aryl methyl sites for hydroxylation is 1. The number of carbonyl (C=O) groups excluding carboxylic acids is 1. The van der Waals surface area contributed by atoms with E-state index in [1.807, 2.05) is 41.3 Å². The molecule has 0 spiro atoms. The smallest absolute Gasteiger partial charge is 0.325 e. The van der Waals surface area contributed by atoms with Gasteiger partial charge in [0, 0.05) is 23.8 Å². The summed E-state index contributed by atoms with van der Waals surface area (Å²) < 4.78 is 7.33. The van der Waals surface area contributed by atoms with Crippen LogP contribution in [-0.4, -0.2) is 43.7 Å². The molecule has 0 unspecified atom stereocenters. The minimum Gasteiger partial charge on any atom is -0.465 e. The van der Waals surface area contributed by atoms with Crippen LogP contribution in [0.25, 0.3) is 5.82 Å². The van der Waals surface area contributed by atoms with Gasteiger partial charge in [-0.25, -0.2) is 4.98 Å². The molecule has 0 aliphatic carbocycles. The lowest BCUT2D eigenvalue weighted by molar-refractivity contribution is -0.143. The van der Waals surface area contributed by atoms with E-state index in [0.29, 0.717) is 11.7 Å². The Morgan fingerprint density at radius 3 is 2.55 bits per heavy atom. The number of hydrogen-bond acceptors (Lipinski definition) is 5. The fourth-order valence-corrected chi connectivity index (χ4v) is 4.49. The highest BCUT2D eigenvalue weighted by Crippen LogP contribution is 2.41. The second-order valence-corrected chi connectivity index (χ2v) is 7.80. The van der Waals surface area contributed by atoms with Gasteiger partial charge in [0.05, 0.1) is 24.4 Å². The summed E-state index contributed by atoms with van der Waals surface area (Å²) >= 11 is 5.63. The van der Waals surface area contributed by atoms with E-state index in [9.17, 15) is 4.79 Å². The summed E-state index contributed by atoms with van der Waals surface area (Å²) in [6, 6.07) is 13.4. The van der Waals surface area contributed by atoms with Crippen LogP contribution >= 0.6 is 12.2 Å². The Hall–Kier alpha value is -3.26. The van der Waals surface area contributed by atoms with Crippen molar-refractivity contribution in [2.24, 2.45) is 0 Å². The van der Waals surface area contributed by atoms with Crippen LogP contribution in [0.1, 0.15) is 41.7 Å². The van der Waals surface area contributed by atoms with Gasteiger partial charge in [-0.15, -0.1) is 0 Å². The summed E-state index contributed by atoms with van der Waals surface area (Å²) in [4.78, 5) is 23.3. The Balaban J connectivity index is 1.81. The van der Waals surface area contributed by atoms with Crippen molar-refractivity contribution in [3.05, 3.63) is 77.5 Å². The zero-order valence-electron chi connectivity index (χ0n) is 17.8. The predicted octanol–water partition coefficient (Wildman–Crippen LogP) is 3.42. The first-order chi connectivity index (χ1) is 15.0. The van der Waals surface area contributed by atoms with Crippen LogP contribution in [0, 0.1) is 13.8 Å². The van der Waals surface area contributed by atoms with Gasteiger partial charge in [0.2, 0.25) is 0 Å². The summed E-state index contributed by atoms with van der Waals surface area (Å²) in [5.41, 5.74) is 4.03. The number of nitrogens with zero attached hydrogens (tertiary/aromatic N) is 4. The van der Waals surface area contributed by atoms with Crippen molar-refractivity contribution < 1.29 is 9.53 Å². The van der Waals surface area contributed by atoms with Crippen molar-refractivity contribution in [2.75, 3.05) is 13.2 Å². The highest BCUT2D eigenvalue weighted by molar-refractivity contribution is 7.80. The molecule has 3 aromatic rings. The summed E-state index contributed by atoms with van der Waals surface area (Å²) in [5, 5.41) is 3.88. The molecule has 0 saturated carbocycles. The van der Waals surface area contributed by atoms with Gasteiger partial charge >= 0.3 is 5.97 Å². The third-order valence-electron chi connectivity index (χ3n) is 5.47. The molecule has 0 aromatic carbocycles. The van der Waals surface area contributed by atoms with Crippen molar-refractivity contribution in [1.82, 2.24) is 24.8 Å². The normalized spacial score (nSPS) is 18.2. The van der Waals surface area contributed by atoms with Crippen molar-refractivity contribution in [3.63, 3.8) is 0 Å². The zero-order valence-corrected chi connectivity index (χ0v) is 18.6. The molecular formula is C23H25N5O2S. The van der Waals surface area contributed by atoms with E-state index in [1.165, 1.54) is 0 Å². The van der Waals surface area contributed by atoms with Gasteiger partial charge in [0.25, 0.3) is 0 Å². The van der Waals surface area contributed by atoms with E-state index in [0.717, 1.165) is 28.5 Å². The van der Waals surface area contributed by atoms with E-state index in [4.69, 9.17) is 17.0 Å². The molecule has 0 amide bonds. The molecule has 4 heterocycles. The lowest BCUT2D eigenvalue weighted by atomic mass is 9.97. The average molecular weight is 436 g/mol. The lowest BCUT2D eigenvalue weighted by Crippen LogP contribution is -2.35. The van der Waals surface area contributed by atoms with Gasteiger partial charge in [0.15, 0.2) is 5.11 Å². The van der Waals surface area contributed by atoms with Gasteiger partial charge < -0.3 is 19.5 Å². The van der Waals surface area contributed by atoms with Crippen LogP contribution in [0.2, 0.25) is 0 Å². The van der Waals surface area contributed by atoms with Gasteiger partial charge in [-0.3, -0.25) is 9.78 Å². The van der Waals surface area contributed by atoms with Gasteiger partial charge in [-0.2, -0.15) is 0 Å². The van der Waals surface area contributed by atoms with E-state index in [2.05, 4.69) is 39.8 Å². The minimum atomic E-state index is -0.308. The molecule has 0 radical (unpaired) electrons. The number of esters is 1. The number of pyridine rings is 2. The number of nitrogens with one attached hydrogen (secondary N) is 1. The summed E-state index contributed by atoms with van der Waals surface area (Å²) in [7, 11) is 0. The van der Waals surface area contributed by atoms with Crippen molar-refractivity contribution >= 4 is 23.3 Å². The van der Waals surface area contributed by atoms with E-state index in [1.54, 1.807) is 19.3 Å². The monoisotopic (exact) mass is 435 g/mol. The number of aromatic nitrogens is 3. The summed E-state index contributed by atoms with van der Waals surface area (Å²) in [6.07, 6.45) is 3.55. The van der Waals surface area contributed by atoms with E-state index in [-0.39, 0.29) is 24.6 Å². The molecule has 0 bridgehead atoms. The molecular weight excluding hydrogens is 410 g/mol. The minimum absolute atomic E-state index is 0.0704. The van der Waals surface area contributed by atoms with Crippen LogP contribution < -0.4 is 5.32 Å². The summed E-state index contributed by atoms with van der Waals surface area (Å²) in [6.45, 7) is 6.32. The fraction of sp³-hybridized carbons (Fsp3) is 0.304. The lowest BCUT2D eigenvalue weighted by Gasteiger charge is -2.27. The van der Waals surface area contributed by atoms with Crippen LogP contribution in [0.5, 0.6) is 0 Å². The number of hydrogen-bond donors (Lipinski definition) is 1. The van der Waals surface area contributed by atoms with Gasteiger partial charge in [0.1, 0.15) is 12.4 Å². The molecule has 1 aliphatic rings. The Labute approximate surface area is 187 Å². The molecule has 3 aromatic heterocycles. The van der Waals surface area contributed by atoms with Crippen molar-refractivity contribution in [3.8, 4) is 5.82 Å². The molecule has 4 rings (SSSR count). The maximum Gasteiger partial charge on any atom is 0.325 e. The largest absolute Gasteiger partial charge is 0.465 e. The first kappa shape index (κ1) is 21.0. The third kappa shape index (κ3) is 4.03. The molecule has 160 valence electrons. The molecule has 7 nitrogen and oxygen atoms in total.